The molecule has 0 aromatic heterocycles. The lowest BCUT2D eigenvalue weighted by Gasteiger charge is -2.18. The molecule has 0 amide bonds. The molecule has 6 nitrogen and oxygen atoms in total. The molecule has 0 aromatic rings. The molecule has 73 heavy (non-hydrogen) atoms. The van der Waals surface area contributed by atoms with Crippen LogP contribution in [-0.4, -0.2) is 37.2 Å². The second-order valence-electron chi connectivity index (χ2n) is 18.4. The summed E-state index contributed by atoms with van der Waals surface area (Å²) in [5, 5.41) is 0. The van der Waals surface area contributed by atoms with E-state index in [2.05, 4.69) is 179 Å². The molecule has 0 aliphatic rings. The van der Waals surface area contributed by atoms with Gasteiger partial charge in [0.15, 0.2) is 6.10 Å². The maximum Gasteiger partial charge on any atom is 0.306 e. The highest BCUT2D eigenvalue weighted by molar-refractivity contribution is 5.71. The lowest BCUT2D eigenvalue weighted by Crippen LogP contribution is -2.30. The highest BCUT2D eigenvalue weighted by Crippen LogP contribution is 2.12. The van der Waals surface area contributed by atoms with Crippen LogP contribution in [0.25, 0.3) is 0 Å². The van der Waals surface area contributed by atoms with Gasteiger partial charge in [-0.2, -0.15) is 0 Å². The maximum atomic E-state index is 12.9. The molecule has 0 aromatic carbocycles. The van der Waals surface area contributed by atoms with Gasteiger partial charge >= 0.3 is 17.9 Å². The smallest absolute Gasteiger partial charge is 0.306 e. The fourth-order valence-corrected chi connectivity index (χ4v) is 7.21. The van der Waals surface area contributed by atoms with Crippen molar-refractivity contribution in [2.24, 2.45) is 0 Å². The topological polar surface area (TPSA) is 78.9 Å². The van der Waals surface area contributed by atoms with Crippen LogP contribution in [0.15, 0.2) is 158 Å². The third kappa shape index (κ3) is 57.8. The summed E-state index contributed by atoms with van der Waals surface area (Å²) in [5.74, 6) is -1.02. The van der Waals surface area contributed by atoms with Crippen molar-refractivity contribution >= 4 is 17.9 Å². The monoisotopic (exact) mass is 1000 g/mol. The predicted molar refractivity (Wildman–Crippen MR) is 315 cm³/mol. The minimum atomic E-state index is -0.828. The van der Waals surface area contributed by atoms with E-state index in [1.165, 1.54) is 25.7 Å². The van der Waals surface area contributed by atoms with Crippen molar-refractivity contribution in [1.82, 2.24) is 0 Å². The minimum Gasteiger partial charge on any atom is -0.462 e. The normalized spacial score (nSPS) is 13.3. The van der Waals surface area contributed by atoms with E-state index in [-0.39, 0.29) is 37.5 Å². The molecule has 0 unspecified atom stereocenters. The number of hydrogen-bond donors (Lipinski definition) is 0. The first-order valence-electron chi connectivity index (χ1n) is 29.0. The molecule has 0 radical (unpaired) electrons. The van der Waals surface area contributed by atoms with Crippen molar-refractivity contribution in [3.05, 3.63) is 158 Å². The van der Waals surface area contributed by atoms with Crippen LogP contribution in [0.1, 0.15) is 226 Å². The van der Waals surface area contributed by atoms with E-state index in [9.17, 15) is 14.4 Å². The molecule has 408 valence electrons. The molecule has 6 heteroatoms. The fourth-order valence-electron chi connectivity index (χ4n) is 7.21. The standard InChI is InChI=1S/C67H104O6/c1-4-7-10-13-16-19-22-25-28-31-33-36-39-42-45-48-51-54-57-60-66(69)72-63-64(62-71-65(68)59-56-53-50-47-44-41-38-35-30-27-24-21-18-15-12-9-6-3)73-67(70)61-58-55-52-49-46-43-40-37-34-32-29-26-23-20-17-14-11-8-5-2/h8-9,11-12,16-21,25-30,33-34,36-38,41-43,45-46,64H,4-7,10,13-15,22-24,31-32,35,39-40,44,47-63H2,1-3H3/b11-8-,12-9-,19-16-,20-17-,21-18-,28-25-,29-26-,30-27-,36-33-,37-34-,41-38-,45-42-,46-43-/t64-/m1/s1. The molecule has 0 saturated carbocycles. The van der Waals surface area contributed by atoms with Crippen LogP contribution in [0.3, 0.4) is 0 Å². The van der Waals surface area contributed by atoms with Crippen LogP contribution in [0.4, 0.5) is 0 Å². The molecule has 0 aliphatic carbocycles. The zero-order valence-electron chi connectivity index (χ0n) is 46.6. The molecular formula is C67H104O6. The summed E-state index contributed by atoms with van der Waals surface area (Å²) < 4.78 is 16.8. The summed E-state index contributed by atoms with van der Waals surface area (Å²) in [4.78, 5) is 38.2. The lowest BCUT2D eigenvalue weighted by atomic mass is 10.1. The van der Waals surface area contributed by atoms with Gasteiger partial charge in [0.25, 0.3) is 0 Å². The van der Waals surface area contributed by atoms with Crippen molar-refractivity contribution in [3.63, 3.8) is 0 Å². The van der Waals surface area contributed by atoms with Crippen molar-refractivity contribution in [2.75, 3.05) is 13.2 Å². The molecule has 0 saturated heterocycles. The van der Waals surface area contributed by atoms with E-state index >= 15 is 0 Å². The van der Waals surface area contributed by atoms with Crippen LogP contribution in [0.5, 0.6) is 0 Å². The van der Waals surface area contributed by atoms with Crippen LogP contribution < -0.4 is 0 Å². The van der Waals surface area contributed by atoms with Gasteiger partial charge < -0.3 is 14.2 Å². The molecule has 0 aliphatic heterocycles. The second kappa shape index (κ2) is 59.6. The summed E-state index contributed by atoms with van der Waals surface area (Å²) in [6.45, 7) is 6.29. The number of esters is 3. The van der Waals surface area contributed by atoms with Gasteiger partial charge in [0.05, 0.1) is 0 Å². The van der Waals surface area contributed by atoms with Gasteiger partial charge in [-0.15, -0.1) is 0 Å². The Hall–Kier alpha value is -4.97. The first kappa shape index (κ1) is 68.0. The third-order valence-electron chi connectivity index (χ3n) is 11.5. The number of rotatable bonds is 50. The Kier molecular flexibility index (Phi) is 55.5. The van der Waals surface area contributed by atoms with Gasteiger partial charge in [-0.25, -0.2) is 0 Å². The molecule has 1 atom stereocenters. The zero-order chi connectivity index (χ0) is 52.9. The number of allylic oxidation sites excluding steroid dienone is 26. The highest BCUT2D eigenvalue weighted by Gasteiger charge is 2.19. The van der Waals surface area contributed by atoms with Crippen LogP contribution in [-0.2, 0) is 28.6 Å². The number of unbranched alkanes of at least 4 members (excludes halogenated alkanes) is 13. The van der Waals surface area contributed by atoms with Gasteiger partial charge in [-0.05, 0) is 148 Å². The SMILES string of the molecule is CC/C=C\C/C=C\C/C=C\C/C=C\C/C=C\CCCCCC(=O)O[C@@H](COC(=O)CCCCC/C=C\C/C=C\C/C=C\C/C=C\CCCCC)COC(=O)CCCCCC/C=C\C/C=C\C/C=C\C/C=C\CC. The van der Waals surface area contributed by atoms with Gasteiger partial charge in [-0.3, -0.25) is 14.4 Å². The Morgan fingerprint density at radius 2 is 0.534 bits per heavy atom. The van der Waals surface area contributed by atoms with Crippen molar-refractivity contribution in [1.29, 1.82) is 0 Å². The largest absolute Gasteiger partial charge is 0.462 e. The predicted octanol–water partition coefficient (Wildman–Crippen LogP) is 19.8. The van der Waals surface area contributed by atoms with E-state index in [4.69, 9.17) is 14.2 Å². The average Bonchev–Trinajstić information content (AvgIpc) is 3.39. The Morgan fingerprint density at radius 3 is 0.836 bits per heavy atom. The van der Waals surface area contributed by atoms with Crippen molar-refractivity contribution in [3.8, 4) is 0 Å². The van der Waals surface area contributed by atoms with Crippen LogP contribution >= 0.6 is 0 Å². The molecular weight excluding hydrogens is 901 g/mol. The Labute approximate surface area is 448 Å². The fraction of sp³-hybridized carbons (Fsp3) is 0.567. The van der Waals surface area contributed by atoms with E-state index in [0.717, 1.165) is 154 Å². The quantitative estimate of drug-likeness (QED) is 0.0261. The summed E-state index contributed by atoms with van der Waals surface area (Å²) in [5.41, 5.74) is 0. The number of ether oxygens (including phenoxy) is 3. The van der Waals surface area contributed by atoms with Gasteiger partial charge in [0, 0.05) is 19.3 Å². The highest BCUT2D eigenvalue weighted by atomic mass is 16.6. The summed E-state index contributed by atoms with van der Waals surface area (Å²) in [7, 11) is 0. The minimum absolute atomic E-state index is 0.122. The lowest BCUT2D eigenvalue weighted by molar-refractivity contribution is -0.167. The average molecular weight is 1010 g/mol. The Balaban J connectivity index is 4.60. The van der Waals surface area contributed by atoms with Crippen LogP contribution in [0.2, 0.25) is 0 Å². The third-order valence-corrected chi connectivity index (χ3v) is 11.5. The molecule has 0 spiro atoms. The summed E-state index contributed by atoms with van der Waals surface area (Å²) >= 11 is 0. The number of hydrogen-bond acceptors (Lipinski definition) is 6. The van der Waals surface area contributed by atoms with Gasteiger partial charge in [0.1, 0.15) is 13.2 Å². The molecule has 0 N–H and O–H groups in total. The Bertz CT molecular complexity index is 1670. The van der Waals surface area contributed by atoms with E-state index in [0.29, 0.717) is 19.3 Å². The number of carbonyl (C=O) groups is 3. The van der Waals surface area contributed by atoms with Crippen molar-refractivity contribution in [2.45, 2.75) is 232 Å². The van der Waals surface area contributed by atoms with Crippen molar-refractivity contribution < 1.29 is 28.6 Å². The van der Waals surface area contributed by atoms with Gasteiger partial charge in [-0.1, -0.05) is 217 Å². The first-order valence-corrected chi connectivity index (χ1v) is 29.0. The van der Waals surface area contributed by atoms with E-state index in [1.54, 1.807) is 0 Å². The van der Waals surface area contributed by atoms with E-state index < -0.39 is 6.10 Å². The van der Waals surface area contributed by atoms with Crippen LogP contribution in [0, 0.1) is 0 Å². The molecule has 0 heterocycles. The maximum absolute atomic E-state index is 12.9. The van der Waals surface area contributed by atoms with Gasteiger partial charge in [0.2, 0.25) is 0 Å². The van der Waals surface area contributed by atoms with E-state index in [1.807, 2.05) is 0 Å². The first-order chi connectivity index (χ1) is 36.0. The summed E-state index contributed by atoms with van der Waals surface area (Å²) in [6, 6.07) is 0. The molecule has 0 rings (SSSR count). The Morgan fingerprint density at radius 1 is 0.288 bits per heavy atom. The zero-order valence-corrected chi connectivity index (χ0v) is 46.6. The molecule has 0 bridgehead atoms. The summed E-state index contributed by atoms with van der Waals surface area (Å²) in [6.07, 6.45) is 86.5. The molecule has 0 fully saturated rings. The number of carbonyl (C=O) groups excluding carboxylic acids is 3. The second-order valence-corrected chi connectivity index (χ2v) is 18.4.